The van der Waals surface area contributed by atoms with Gasteiger partial charge in [0, 0.05) is 11.4 Å². The van der Waals surface area contributed by atoms with E-state index in [0.717, 1.165) is 12.1 Å². The second kappa shape index (κ2) is 4.83. The van der Waals surface area contributed by atoms with Crippen molar-refractivity contribution in [1.82, 2.24) is 0 Å². The number of nitrogens with one attached hydrogen (secondary N) is 1. The number of nitrogen functional groups attached to an aromatic ring is 1. The summed E-state index contributed by atoms with van der Waals surface area (Å²) in [5.74, 6) is -1.84. The van der Waals surface area contributed by atoms with Crippen LogP contribution in [0.25, 0.3) is 0 Å². The molecule has 0 saturated heterocycles. The number of amides is 1. The lowest BCUT2D eigenvalue weighted by molar-refractivity contribution is 0.102. The lowest BCUT2D eigenvalue weighted by Gasteiger charge is -2.06. The molecule has 0 saturated carbocycles. The standard InChI is InChI=1S/C13H10F2N2O/c14-8-2-1-3-10(6-8)17-13(18)11-7-9(16)4-5-12(11)15/h1-7H,16H2,(H,17,18). The third-order valence-corrected chi connectivity index (χ3v) is 2.32. The maximum atomic E-state index is 13.4. The van der Waals surface area contributed by atoms with Crippen LogP contribution in [-0.4, -0.2) is 5.91 Å². The highest BCUT2D eigenvalue weighted by Crippen LogP contribution is 2.15. The van der Waals surface area contributed by atoms with Gasteiger partial charge in [0.1, 0.15) is 11.6 Å². The van der Waals surface area contributed by atoms with E-state index >= 15 is 0 Å². The summed E-state index contributed by atoms with van der Waals surface area (Å²) in [4.78, 5) is 11.8. The Bertz CT molecular complexity index is 599. The van der Waals surface area contributed by atoms with Crippen LogP contribution in [0.3, 0.4) is 0 Å². The number of halogens is 2. The first-order chi connectivity index (χ1) is 8.56. The largest absolute Gasteiger partial charge is 0.399 e. The molecule has 18 heavy (non-hydrogen) atoms. The van der Waals surface area contributed by atoms with Crippen molar-refractivity contribution < 1.29 is 13.6 Å². The quantitative estimate of drug-likeness (QED) is 0.803. The Morgan fingerprint density at radius 2 is 1.89 bits per heavy atom. The number of rotatable bonds is 2. The van der Waals surface area contributed by atoms with Gasteiger partial charge in [0.2, 0.25) is 0 Å². The minimum atomic E-state index is -0.682. The van der Waals surface area contributed by atoms with Gasteiger partial charge in [-0.3, -0.25) is 4.79 Å². The lowest BCUT2D eigenvalue weighted by Crippen LogP contribution is -2.14. The van der Waals surface area contributed by atoms with Gasteiger partial charge in [-0.2, -0.15) is 0 Å². The van der Waals surface area contributed by atoms with Crippen molar-refractivity contribution in [3.63, 3.8) is 0 Å². The van der Waals surface area contributed by atoms with Crippen LogP contribution >= 0.6 is 0 Å². The van der Waals surface area contributed by atoms with E-state index in [1.807, 2.05) is 0 Å². The molecule has 3 N–H and O–H groups in total. The first-order valence-electron chi connectivity index (χ1n) is 5.18. The number of hydrogen-bond acceptors (Lipinski definition) is 2. The molecule has 2 rings (SSSR count). The van der Waals surface area contributed by atoms with E-state index in [1.54, 1.807) is 0 Å². The lowest BCUT2D eigenvalue weighted by atomic mass is 10.1. The molecule has 0 heterocycles. The van der Waals surface area contributed by atoms with Crippen molar-refractivity contribution in [2.45, 2.75) is 0 Å². The summed E-state index contributed by atoms with van der Waals surface area (Å²) in [5.41, 5.74) is 5.83. The van der Waals surface area contributed by atoms with Gasteiger partial charge in [0.15, 0.2) is 0 Å². The molecule has 0 fully saturated rings. The summed E-state index contributed by atoms with van der Waals surface area (Å²) in [7, 11) is 0. The molecular weight excluding hydrogens is 238 g/mol. The molecule has 2 aromatic carbocycles. The first-order valence-corrected chi connectivity index (χ1v) is 5.18. The first kappa shape index (κ1) is 12.0. The molecule has 2 aromatic rings. The number of nitrogens with two attached hydrogens (primary N) is 1. The molecule has 1 amide bonds. The van der Waals surface area contributed by atoms with Gasteiger partial charge in [0.25, 0.3) is 5.91 Å². The van der Waals surface area contributed by atoms with Crippen LogP contribution in [0.2, 0.25) is 0 Å². The Kier molecular flexibility index (Phi) is 3.23. The molecule has 0 aliphatic heterocycles. The molecule has 0 bridgehead atoms. The second-order valence-corrected chi connectivity index (χ2v) is 3.70. The molecule has 3 nitrogen and oxygen atoms in total. The third-order valence-electron chi connectivity index (χ3n) is 2.32. The summed E-state index contributed by atoms with van der Waals surface area (Å²) < 4.78 is 26.3. The monoisotopic (exact) mass is 248 g/mol. The summed E-state index contributed by atoms with van der Waals surface area (Å²) >= 11 is 0. The van der Waals surface area contributed by atoms with E-state index < -0.39 is 17.5 Å². The van der Waals surface area contributed by atoms with E-state index in [0.29, 0.717) is 0 Å². The van der Waals surface area contributed by atoms with Gasteiger partial charge >= 0.3 is 0 Å². The van der Waals surface area contributed by atoms with Crippen molar-refractivity contribution in [3.8, 4) is 0 Å². The fraction of sp³-hybridized carbons (Fsp3) is 0. The van der Waals surface area contributed by atoms with Gasteiger partial charge in [0.05, 0.1) is 5.56 Å². The van der Waals surface area contributed by atoms with E-state index in [9.17, 15) is 13.6 Å². The predicted molar refractivity (Wildman–Crippen MR) is 65.2 cm³/mol. The smallest absolute Gasteiger partial charge is 0.258 e. The van der Waals surface area contributed by atoms with E-state index in [4.69, 9.17) is 5.73 Å². The minimum absolute atomic E-state index is 0.181. The number of benzene rings is 2. The fourth-order valence-electron chi connectivity index (χ4n) is 1.48. The molecule has 0 aliphatic carbocycles. The van der Waals surface area contributed by atoms with E-state index in [2.05, 4.69) is 5.32 Å². The number of carbonyl (C=O) groups excluding carboxylic acids is 1. The number of anilines is 2. The Hall–Kier alpha value is -2.43. The fourth-order valence-corrected chi connectivity index (χ4v) is 1.48. The Morgan fingerprint density at radius 1 is 1.11 bits per heavy atom. The van der Waals surface area contributed by atoms with Crippen LogP contribution in [0.5, 0.6) is 0 Å². The third kappa shape index (κ3) is 2.63. The average molecular weight is 248 g/mol. The van der Waals surface area contributed by atoms with Crippen LogP contribution in [0, 0.1) is 11.6 Å². The Labute approximate surface area is 102 Å². The molecule has 0 radical (unpaired) electrons. The molecular formula is C13H10F2N2O. The summed E-state index contributed by atoms with van der Waals surface area (Å²) in [5, 5.41) is 2.39. The van der Waals surface area contributed by atoms with Crippen LogP contribution in [-0.2, 0) is 0 Å². The normalized spacial score (nSPS) is 10.1. The Morgan fingerprint density at radius 3 is 2.61 bits per heavy atom. The molecule has 0 atom stereocenters. The molecule has 5 heteroatoms. The molecule has 0 aliphatic rings. The molecule has 92 valence electrons. The van der Waals surface area contributed by atoms with Crippen LogP contribution in [0.4, 0.5) is 20.2 Å². The predicted octanol–water partition coefficient (Wildman–Crippen LogP) is 2.80. The van der Waals surface area contributed by atoms with Crippen LogP contribution in [0.15, 0.2) is 42.5 Å². The number of carbonyl (C=O) groups is 1. The van der Waals surface area contributed by atoms with Crippen LogP contribution in [0.1, 0.15) is 10.4 Å². The van der Waals surface area contributed by atoms with Crippen LogP contribution < -0.4 is 11.1 Å². The van der Waals surface area contributed by atoms with Crippen molar-refractivity contribution in [2.24, 2.45) is 0 Å². The Balaban J connectivity index is 2.24. The highest BCUT2D eigenvalue weighted by atomic mass is 19.1. The van der Waals surface area contributed by atoms with Crippen molar-refractivity contribution in [1.29, 1.82) is 0 Å². The molecule has 0 unspecified atom stereocenters. The SMILES string of the molecule is Nc1ccc(F)c(C(=O)Nc2cccc(F)c2)c1. The maximum absolute atomic E-state index is 13.4. The van der Waals surface area contributed by atoms with Crippen molar-refractivity contribution in [2.75, 3.05) is 11.1 Å². The van der Waals surface area contributed by atoms with Crippen molar-refractivity contribution >= 4 is 17.3 Å². The van der Waals surface area contributed by atoms with Gasteiger partial charge in [-0.15, -0.1) is 0 Å². The summed E-state index contributed by atoms with van der Waals surface area (Å²) in [6.07, 6.45) is 0. The second-order valence-electron chi connectivity index (χ2n) is 3.70. The summed E-state index contributed by atoms with van der Waals surface area (Å²) in [6.45, 7) is 0. The zero-order valence-electron chi connectivity index (χ0n) is 9.28. The molecule has 0 aromatic heterocycles. The van der Waals surface area contributed by atoms with Gasteiger partial charge < -0.3 is 11.1 Å². The van der Waals surface area contributed by atoms with Crippen molar-refractivity contribution in [3.05, 3.63) is 59.7 Å². The topological polar surface area (TPSA) is 55.1 Å². The van der Waals surface area contributed by atoms with E-state index in [1.165, 1.54) is 30.3 Å². The zero-order valence-corrected chi connectivity index (χ0v) is 9.28. The highest BCUT2D eigenvalue weighted by Gasteiger charge is 2.12. The minimum Gasteiger partial charge on any atom is -0.399 e. The zero-order chi connectivity index (χ0) is 13.1. The van der Waals surface area contributed by atoms with E-state index in [-0.39, 0.29) is 16.9 Å². The molecule has 0 spiro atoms. The highest BCUT2D eigenvalue weighted by molar-refractivity contribution is 6.04. The maximum Gasteiger partial charge on any atom is 0.258 e. The van der Waals surface area contributed by atoms with Gasteiger partial charge in [-0.1, -0.05) is 6.07 Å². The summed E-state index contributed by atoms with van der Waals surface area (Å²) in [6, 6.07) is 9.03. The number of hydrogen-bond donors (Lipinski definition) is 2. The average Bonchev–Trinajstić information content (AvgIpc) is 2.32. The van der Waals surface area contributed by atoms with Gasteiger partial charge in [-0.05, 0) is 36.4 Å². The van der Waals surface area contributed by atoms with Gasteiger partial charge in [-0.25, -0.2) is 8.78 Å².